The molecule has 0 radical (unpaired) electrons. The molecule has 0 saturated heterocycles. The van der Waals surface area contributed by atoms with E-state index in [4.69, 9.17) is 0 Å². The van der Waals surface area contributed by atoms with E-state index in [1.54, 1.807) is 30.5 Å². The van der Waals surface area contributed by atoms with Crippen LogP contribution in [0.4, 0.5) is 0 Å². The van der Waals surface area contributed by atoms with Crippen molar-refractivity contribution in [1.29, 1.82) is 0 Å². The second-order valence-electron chi connectivity index (χ2n) is 7.72. The number of hydrogen-bond acceptors (Lipinski definition) is 5. The molecule has 33 heavy (non-hydrogen) atoms. The number of amides is 1. The summed E-state index contributed by atoms with van der Waals surface area (Å²) in [4.78, 5) is 17.0. The van der Waals surface area contributed by atoms with Crippen molar-refractivity contribution in [2.24, 2.45) is 0 Å². The van der Waals surface area contributed by atoms with Crippen molar-refractivity contribution in [3.63, 3.8) is 0 Å². The lowest BCUT2D eigenvalue weighted by atomic mass is 10.1. The first-order valence-corrected chi connectivity index (χ1v) is 13.3. The van der Waals surface area contributed by atoms with E-state index in [9.17, 15) is 13.2 Å². The number of aryl methyl sites for hydroxylation is 2. The highest BCUT2D eigenvalue weighted by Gasteiger charge is 2.21. The summed E-state index contributed by atoms with van der Waals surface area (Å²) in [6.07, 6.45) is 3.62. The van der Waals surface area contributed by atoms with E-state index in [0.717, 1.165) is 16.4 Å². The lowest BCUT2D eigenvalue weighted by Crippen LogP contribution is -2.30. The molecule has 0 unspecified atom stereocenters. The maximum absolute atomic E-state index is 12.6. The Morgan fingerprint density at radius 1 is 1.06 bits per heavy atom. The molecule has 2 aromatic carbocycles. The van der Waals surface area contributed by atoms with Gasteiger partial charge in [0.1, 0.15) is 0 Å². The second kappa shape index (κ2) is 11.0. The highest BCUT2D eigenvalue weighted by Crippen LogP contribution is 2.22. The molecule has 1 amide bonds. The van der Waals surface area contributed by atoms with Gasteiger partial charge in [-0.3, -0.25) is 9.36 Å². The predicted octanol–water partition coefficient (Wildman–Crippen LogP) is 3.93. The van der Waals surface area contributed by atoms with E-state index in [1.165, 1.54) is 27.2 Å². The molecule has 7 nitrogen and oxygen atoms in total. The van der Waals surface area contributed by atoms with E-state index in [2.05, 4.69) is 42.3 Å². The Hall–Kier alpha value is -2.62. The fraction of sp³-hybridized carbons (Fsp3) is 0.333. The van der Waals surface area contributed by atoms with Crippen LogP contribution in [-0.4, -0.2) is 47.0 Å². The summed E-state index contributed by atoms with van der Waals surface area (Å²) in [6, 6.07) is 12.9. The zero-order valence-corrected chi connectivity index (χ0v) is 21.0. The van der Waals surface area contributed by atoms with Crippen LogP contribution in [0.2, 0.25) is 0 Å². The molecule has 0 saturated carbocycles. The van der Waals surface area contributed by atoms with Crippen LogP contribution >= 0.6 is 11.8 Å². The standard InChI is InChI=1S/C24H30N4O3S2/c1-5-27(6-2)33(30,31)22-9-7-20(8-10-22)16-26-23(29)17-32-24-25-11-12-28(24)21-14-18(3)13-19(4)15-21/h7-15H,5-6,16-17H2,1-4H3,(H,26,29). The molecule has 0 aliphatic carbocycles. The van der Waals surface area contributed by atoms with Gasteiger partial charge < -0.3 is 5.32 Å². The fourth-order valence-corrected chi connectivity index (χ4v) is 5.82. The molecule has 176 valence electrons. The quantitative estimate of drug-likeness (QED) is 0.439. The van der Waals surface area contributed by atoms with Crippen LogP contribution in [0.25, 0.3) is 5.69 Å². The van der Waals surface area contributed by atoms with Gasteiger partial charge >= 0.3 is 0 Å². The molecule has 3 rings (SSSR count). The molecule has 0 atom stereocenters. The van der Waals surface area contributed by atoms with Crippen LogP contribution in [0.15, 0.2) is 64.9 Å². The van der Waals surface area contributed by atoms with Gasteiger partial charge in [-0.15, -0.1) is 0 Å². The summed E-state index contributed by atoms with van der Waals surface area (Å²) in [7, 11) is -3.48. The number of benzene rings is 2. The van der Waals surface area contributed by atoms with E-state index in [1.807, 2.05) is 24.6 Å². The minimum atomic E-state index is -3.48. The normalized spacial score (nSPS) is 11.7. The molecule has 0 spiro atoms. The minimum Gasteiger partial charge on any atom is -0.351 e. The van der Waals surface area contributed by atoms with Crippen molar-refractivity contribution in [3.05, 3.63) is 71.5 Å². The van der Waals surface area contributed by atoms with Crippen LogP contribution in [0.5, 0.6) is 0 Å². The molecule has 1 heterocycles. The van der Waals surface area contributed by atoms with Gasteiger partial charge in [-0.1, -0.05) is 43.8 Å². The summed E-state index contributed by atoms with van der Waals surface area (Å²) in [5.74, 6) is 0.116. The van der Waals surface area contributed by atoms with Crippen molar-refractivity contribution in [3.8, 4) is 5.69 Å². The van der Waals surface area contributed by atoms with E-state index < -0.39 is 10.0 Å². The lowest BCUT2D eigenvalue weighted by Gasteiger charge is -2.18. The van der Waals surface area contributed by atoms with Crippen molar-refractivity contribution in [1.82, 2.24) is 19.2 Å². The molecule has 0 bridgehead atoms. The largest absolute Gasteiger partial charge is 0.351 e. The number of sulfonamides is 1. The summed E-state index contributed by atoms with van der Waals surface area (Å²) >= 11 is 1.37. The van der Waals surface area contributed by atoms with Crippen LogP contribution in [-0.2, 0) is 21.4 Å². The zero-order valence-electron chi connectivity index (χ0n) is 19.4. The SMILES string of the molecule is CCN(CC)S(=O)(=O)c1ccc(CNC(=O)CSc2nccn2-c2cc(C)cc(C)c2)cc1. The maximum Gasteiger partial charge on any atom is 0.243 e. The Morgan fingerprint density at radius 2 is 1.70 bits per heavy atom. The van der Waals surface area contributed by atoms with Crippen LogP contribution < -0.4 is 5.32 Å². The fourth-order valence-electron chi connectivity index (χ4n) is 3.56. The van der Waals surface area contributed by atoms with Crippen LogP contribution in [0.3, 0.4) is 0 Å². The lowest BCUT2D eigenvalue weighted by molar-refractivity contribution is -0.118. The first-order chi connectivity index (χ1) is 15.7. The first kappa shape index (κ1) is 25.0. The number of nitrogens with one attached hydrogen (secondary N) is 1. The van der Waals surface area contributed by atoms with Gasteiger partial charge in [-0.25, -0.2) is 13.4 Å². The molecule has 1 aromatic heterocycles. The first-order valence-electron chi connectivity index (χ1n) is 10.8. The predicted molar refractivity (Wildman–Crippen MR) is 132 cm³/mol. The number of aromatic nitrogens is 2. The van der Waals surface area contributed by atoms with Crippen molar-refractivity contribution < 1.29 is 13.2 Å². The van der Waals surface area contributed by atoms with Crippen LogP contribution in [0, 0.1) is 13.8 Å². The highest BCUT2D eigenvalue weighted by atomic mass is 32.2. The Labute approximate surface area is 200 Å². The van der Waals surface area contributed by atoms with Crippen LogP contribution in [0.1, 0.15) is 30.5 Å². The van der Waals surface area contributed by atoms with Gasteiger partial charge in [0, 0.05) is 37.7 Å². The van der Waals surface area contributed by atoms with Gasteiger partial charge in [-0.2, -0.15) is 4.31 Å². The van der Waals surface area contributed by atoms with Gasteiger partial charge in [0.2, 0.25) is 15.9 Å². The average molecular weight is 487 g/mol. The molecule has 9 heteroatoms. The Balaban J connectivity index is 1.56. The molecular formula is C24H30N4O3S2. The highest BCUT2D eigenvalue weighted by molar-refractivity contribution is 7.99. The smallest absolute Gasteiger partial charge is 0.243 e. The minimum absolute atomic E-state index is 0.116. The van der Waals surface area contributed by atoms with E-state index in [0.29, 0.717) is 19.6 Å². The molecular weight excluding hydrogens is 456 g/mol. The number of nitrogens with zero attached hydrogens (tertiary/aromatic N) is 3. The summed E-state index contributed by atoms with van der Waals surface area (Å²) in [5.41, 5.74) is 4.20. The molecule has 1 N–H and O–H groups in total. The molecule has 0 aliphatic heterocycles. The number of carbonyl (C=O) groups excluding carboxylic acids is 1. The second-order valence-corrected chi connectivity index (χ2v) is 10.6. The number of rotatable bonds is 10. The summed E-state index contributed by atoms with van der Waals surface area (Å²) in [5, 5.41) is 3.64. The number of carbonyl (C=O) groups is 1. The number of thioether (sulfide) groups is 1. The summed E-state index contributed by atoms with van der Waals surface area (Å²) < 4.78 is 28.6. The summed E-state index contributed by atoms with van der Waals surface area (Å²) in [6.45, 7) is 8.93. The molecule has 0 fully saturated rings. The van der Waals surface area contributed by atoms with Crippen molar-refractivity contribution in [2.75, 3.05) is 18.8 Å². The van der Waals surface area contributed by atoms with E-state index >= 15 is 0 Å². The molecule has 0 aliphatic rings. The maximum atomic E-state index is 12.6. The Bertz CT molecular complexity index is 1180. The van der Waals surface area contributed by atoms with Gasteiger partial charge in [-0.05, 0) is 54.8 Å². The zero-order chi connectivity index (χ0) is 24.0. The average Bonchev–Trinajstić information content (AvgIpc) is 3.25. The number of imidazole rings is 1. The third-order valence-electron chi connectivity index (χ3n) is 5.18. The van der Waals surface area contributed by atoms with Gasteiger partial charge in [0.05, 0.1) is 10.6 Å². The third kappa shape index (κ3) is 6.25. The van der Waals surface area contributed by atoms with Crippen molar-refractivity contribution >= 4 is 27.7 Å². The Morgan fingerprint density at radius 3 is 2.30 bits per heavy atom. The van der Waals surface area contributed by atoms with Gasteiger partial charge in [0.15, 0.2) is 5.16 Å². The van der Waals surface area contributed by atoms with E-state index in [-0.39, 0.29) is 16.6 Å². The van der Waals surface area contributed by atoms with Gasteiger partial charge in [0.25, 0.3) is 0 Å². The van der Waals surface area contributed by atoms with Crippen molar-refractivity contribution in [2.45, 2.75) is 44.3 Å². The third-order valence-corrected chi connectivity index (χ3v) is 8.21. The number of hydrogen-bond donors (Lipinski definition) is 1. The Kier molecular flexibility index (Phi) is 8.34. The molecule has 3 aromatic rings. The monoisotopic (exact) mass is 486 g/mol. The topological polar surface area (TPSA) is 84.3 Å².